The Kier molecular flexibility index (Phi) is 2.98. The molecular formula is C8H9BrF2N2. The Hall–Kier alpha value is -0.550. The first-order valence-corrected chi connectivity index (χ1v) is 4.43. The number of nitrogens with zero attached hydrogens (tertiary/aromatic N) is 1. The molecule has 1 rings (SSSR count). The van der Waals surface area contributed by atoms with E-state index in [4.69, 9.17) is 5.73 Å². The van der Waals surface area contributed by atoms with Crippen molar-refractivity contribution in [2.75, 3.05) is 0 Å². The molecule has 0 aliphatic rings. The molecule has 0 aliphatic carbocycles. The lowest BCUT2D eigenvalue weighted by Gasteiger charge is -2.23. The summed E-state index contributed by atoms with van der Waals surface area (Å²) in [5.41, 5.74) is 4.12. The largest absolute Gasteiger partial charge is 0.317 e. The van der Waals surface area contributed by atoms with E-state index in [0.29, 0.717) is 10.2 Å². The lowest BCUT2D eigenvalue weighted by atomic mass is 9.96. The molecule has 0 fully saturated rings. The van der Waals surface area contributed by atoms with Gasteiger partial charge >= 0.3 is 0 Å². The van der Waals surface area contributed by atoms with Crippen LogP contribution in [-0.2, 0) is 5.54 Å². The van der Waals surface area contributed by atoms with Gasteiger partial charge in [0.2, 0.25) is 0 Å². The summed E-state index contributed by atoms with van der Waals surface area (Å²) in [7, 11) is 0. The van der Waals surface area contributed by atoms with E-state index in [1.807, 2.05) is 0 Å². The summed E-state index contributed by atoms with van der Waals surface area (Å²) in [6.45, 7) is 1.28. The van der Waals surface area contributed by atoms with Gasteiger partial charge in [-0.2, -0.15) is 0 Å². The van der Waals surface area contributed by atoms with Crippen LogP contribution in [0.2, 0.25) is 0 Å². The van der Waals surface area contributed by atoms with Crippen molar-refractivity contribution in [2.24, 2.45) is 5.73 Å². The van der Waals surface area contributed by atoms with Crippen LogP contribution in [0.15, 0.2) is 22.9 Å². The minimum atomic E-state index is -2.60. The van der Waals surface area contributed by atoms with E-state index >= 15 is 0 Å². The molecule has 1 aromatic heterocycles. The van der Waals surface area contributed by atoms with E-state index < -0.39 is 12.0 Å². The second kappa shape index (κ2) is 3.67. The molecular weight excluding hydrogens is 242 g/mol. The highest BCUT2D eigenvalue weighted by Gasteiger charge is 2.32. The topological polar surface area (TPSA) is 38.9 Å². The molecule has 0 amide bonds. The first kappa shape index (κ1) is 10.5. The first-order valence-electron chi connectivity index (χ1n) is 3.63. The fourth-order valence-electron chi connectivity index (χ4n) is 0.820. The molecule has 1 aromatic rings. The maximum atomic E-state index is 12.4. The van der Waals surface area contributed by atoms with Gasteiger partial charge in [-0.1, -0.05) is 6.07 Å². The van der Waals surface area contributed by atoms with Crippen molar-refractivity contribution in [1.82, 2.24) is 4.98 Å². The maximum absolute atomic E-state index is 12.4. The SMILES string of the molecule is CC(N)(c1ccc(Br)nc1)C(F)F. The molecule has 0 radical (unpaired) electrons. The highest BCUT2D eigenvalue weighted by molar-refractivity contribution is 9.10. The Labute approximate surface area is 83.3 Å². The highest BCUT2D eigenvalue weighted by Crippen LogP contribution is 2.24. The van der Waals surface area contributed by atoms with Crippen molar-refractivity contribution in [3.05, 3.63) is 28.5 Å². The number of rotatable bonds is 2. The second-order valence-electron chi connectivity index (χ2n) is 2.95. The molecule has 2 nitrogen and oxygen atoms in total. The van der Waals surface area contributed by atoms with Crippen LogP contribution in [0.4, 0.5) is 8.78 Å². The monoisotopic (exact) mass is 250 g/mol. The Bertz CT molecular complexity index is 285. The predicted octanol–water partition coefficient (Wildman–Crippen LogP) is 2.28. The molecule has 5 heteroatoms. The third kappa shape index (κ3) is 2.22. The van der Waals surface area contributed by atoms with Crippen molar-refractivity contribution >= 4 is 15.9 Å². The molecule has 0 spiro atoms. The first-order chi connectivity index (χ1) is 5.94. The van der Waals surface area contributed by atoms with Gasteiger partial charge in [0.05, 0.1) is 0 Å². The molecule has 1 unspecified atom stereocenters. The molecule has 0 saturated heterocycles. The van der Waals surface area contributed by atoms with Crippen LogP contribution in [-0.4, -0.2) is 11.4 Å². The maximum Gasteiger partial charge on any atom is 0.260 e. The van der Waals surface area contributed by atoms with Gasteiger partial charge < -0.3 is 5.73 Å². The van der Waals surface area contributed by atoms with E-state index in [9.17, 15) is 8.78 Å². The quantitative estimate of drug-likeness (QED) is 0.819. The van der Waals surface area contributed by atoms with Gasteiger partial charge in [0.25, 0.3) is 6.43 Å². The van der Waals surface area contributed by atoms with E-state index in [0.717, 1.165) is 0 Å². The molecule has 13 heavy (non-hydrogen) atoms. The molecule has 0 bridgehead atoms. The smallest absolute Gasteiger partial charge is 0.260 e. The predicted molar refractivity (Wildman–Crippen MR) is 49.5 cm³/mol. The van der Waals surface area contributed by atoms with Crippen LogP contribution in [0.5, 0.6) is 0 Å². The summed E-state index contributed by atoms with van der Waals surface area (Å²) >= 11 is 3.11. The summed E-state index contributed by atoms with van der Waals surface area (Å²) in [6, 6.07) is 3.12. The van der Waals surface area contributed by atoms with Gasteiger partial charge in [-0.05, 0) is 34.5 Å². The second-order valence-corrected chi connectivity index (χ2v) is 3.77. The van der Waals surface area contributed by atoms with Crippen LogP contribution >= 0.6 is 15.9 Å². The number of pyridine rings is 1. The number of halogens is 3. The van der Waals surface area contributed by atoms with E-state index in [2.05, 4.69) is 20.9 Å². The number of hydrogen-bond acceptors (Lipinski definition) is 2. The minimum absolute atomic E-state index is 0.325. The average molecular weight is 251 g/mol. The summed E-state index contributed by atoms with van der Waals surface area (Å²) in [5.74, 6) is 0. The zero-order chi connectivity index (χ0) is 10.1. The Morgan fingerprint density at radius 2 is 2.15 bits per heavy atom. The molecule has 72 valence electrons. The third-order valence-corrected chi connectivity index (χ3v) is 2.27. The lowest BCUT2D eigenvalue weighted by molar-refractivity contribution is 0.0623. The molecule has 0 saturated carbocycles. The van der Waals surface area contributed by atoms with Crippen LogP contribution in [0, 0.1) is 0 Å². The zero-order valence-corrected chi connectivity index (χ0v) is 8.55. The summed E-state index contributed by atoms with van der Waals surface area (Å²) in [5, 5.41) is 0. The zero-order valence-electron chi connectivity index (χ0n) is 6.97. The van der Waals surface area contributed by atoms with E-state index in [-0.39, 0.29) is 0 Å². The fourth-order valence-corrected chi connectivity index (χ4v) is 1.05. The number of aromatic nitrogens is 1. The molecule has 2 N–H and O–H groups in total. The van der Waals surface area contributed by atoms with Gasteiger partial charge in [-0.15, -0.1) is 0 Å². The number of alkyl halides is 2. The minimum Gasteiger partial charge on any atom is -0.317 e. The lowest BCUT2D eigenvalue weighted by Crippen LogP contribution is -2.40. The standard InChI is InChI=1S/C8H9BrF2N2/c1-8(12,7(10)11)5-2-3-6(9)13-4-5/h2-4,7H,12H2,1H3. The number of hydrogen-bond donors (Lipinski definition) is 1. The van der Waals surface area contributed by atoms with Crippen molar-refractivity contribution < 1.29 is 8.78 Å². The van der Waals surface area contributed by atoms with Crippen molar-refractivity contribution in [2.45, 2.75) is 18.9 Å². The van der Waals surface area contributed by atoms with Gasteiger partial charge in [-0.3, -0.25) is 0 Å². The fraction of sp³-hybridized carbons (Fsp3) is 0.375. The van der Waals surface area contributed by atoms with Crippen molar-refractivity contribution in [1.29, 1.82) is 0 Å². The normalized spacial score (nSPS) is 15.8. The Morgan fingerprint density at radius 3 is 2.54 bits per heavy atom. The average Bonchev–Trinajstić information content (AvgIpc) is 2.04. The summed E-state index contributed by atoms with van der Waals surface area (Å²) in [4.78, 5) is 3.83. The van der Waals surface area contributed by atoms with Crippen LogP contribution in [0.1, 0.15) is 12.5 Å². The van der Waals surface area contributed by atoms with Gasteiger partial charge in [-0.25, -0.2) is 13.8 Å². The molecule has 1 atom stereocenters. The molecule has 1 heterocycles. The van der Waals surface area contributed by atoms with Crippen molar-refractivity contribution in [3.8, 4) is 0 Å². The van der Waals surface area contributed by atoms with Gasteiger partial charge in [0.15, 0.2) is 0 Å². The Balaban J connectivity index is 3.01. The van der Waals surface area contributed by atoms with Crippen molar-refractivity contribution in [3.63, 3.8) is 0 Å². The van der Waals surface area contributed by atoms with E-state index in [1.165, 1.54) is 19.2 Å². The van der Waals surface area contributed by atoms with E-state index in [1.54, 1.807) is 6.07 Å². The Morgan fingerprint density at radius 1 is 1.54 bits per heavy atom. The molecule has 0 aromatic carbocycles. The number of nitrogens with two attached hydrogens (primary N) is 1. The highest BCUT2D eigenvalue weighted by atomic mass is 79.9. The van der Waals surface area contributed by atoms with Crippen LogP contribution in [0.25, 0.3) is 0 Å². The summed E-state index contributed by atoms with van der Waals surface area (Å²) in [6.07, 6.45) is -1.26. The van der Waals surface area contributed by atoms with Crippen LogP contribution in [0.3, 0.4) is 0 Å². The van der Waals surface area contributed by atoms with Gasteiger partial charge in [0.1, 0.15) is 10.1 Å². The van der Waals surface area contributed by atoms with Gasteiger partial charge in [0, 0.05) is 6.20 Å². The third-order valence-electron chi connectivity index (χ3n) is 1.80. The summed E-state index contributed by atoms with van der Waals surface area (Å²) < 4.78 is 25.5. The van der Waals surface area contributed by atoms with Crippen LogP contribution < -0.4 is 5.73 Å². The molecule has 0 aliphatic heterocycles.